The maximum atomic E-state index is 11.0. The van der Waals surface area contributed by atoms with Gasteiger partial charge in [-0.2, -0.15) is 15.0 Å². The van der Waals surface area contributed by atoms with Gasteiger partial charge < -0.3 is 15.4 Å². The summed E-state index contributed by atoms with van der Waals surface area (Å²) in [6, 6.07) is 0.383. The van der Waals surface area contributed by atoms with Crippen molar-refractivity contribution in [2.75, 3.05) is 36.8 Å². The molecule has 18 heavy (non-hydrogen) atoms. The van der Waals surface area contributed by atoms with Crippen LogP contribution in [0.15, 0.2) is 0 Å². The van der Waals surface area contributed by atoms with E-state index in [0.717, 1.165) is 6.42 Å². The first-order valence-corrected chi connectivity index (χ1v) is 7.32. The number of ether oxygens (including phenoxy) is 1. The van der Waals surface area contributed by atoms with Gasteiger partial charge in [0.1, 0.15) is 0 Å². The van der Waals surface area contributed by atoms with E-state index in [2.05, 4.69) is 25.6 Å². The highest BCUT2D eigenvalue weighted by atomic mass is 32.2. The van der Waals surface area contributed by atoms with E-state index in [1.54, 1.807) is 13.3 Å². The molecule has 8 heteroatoms. The number of methoxy groups -OCH3 is 1. The summed E-state index contributed by atoms with van der Waals surface area (Å²) in [7, 11) is 2.44. The summed E-state index contributed by atoms with van der Waals surface area (Å²) in [5, 5.41) is 5.96. The summed E-state index contributed by atoms with van der Waals surface area (Å²) in [4.78, 5) is 12.3. The smallest absolute Gasteiger partial charge is 0.322 e. The quantitative estimate of drug-likeness (QED) is 0.747. The second kappa shape index (κ2) is 7.10. The molecule has 2 N–H and O–H groups in total. The third-order valence-corrected chi connectivity index (χ3v) is 3.05. The van der Waals surface area contributed by atoms with Crippen molar-refractivity contribution in [2.45, 2.75) is 19.4 Å². The molecular formula is C10H19N5O2S. The van der Waals surface area contributed by atoms with Crippen molar-refractivity contribution in [3.63, 3.8) is 0 Å². The van der Waals surface area contributed by atoms with Gasteiger partial charge in [-0.05, 0) is 13.3 Å². The number of nitrogens with one attached hydrogen (secondary N) is 2. The molecule has 1 heterocycles. The Bertz CT molecular complexity index is 393. The first-order valence-electron chi connectivity index (χ1n) is 5.59. The molecule has 1 aromatic heterocycles. The largest absolute Gasteiger partial charge is 0.467 e. The standard InChI is InChI=1S/C10H19N5O2S/c1-7(5-6-18(4)16)12-9-13-8(11-2)14-10(15-9)17-3/h7H,5-6H2,1-4H3,(H2,11,12,13,14,15). The summed E-state index contributed by atoms with van der Waals surface area (Å²) in [5.74, 6) is 1.53. The van der Waals surface area contributed by atoms with Crippen LogP contribution >= 0.6 is 0 Å². The summed E-state index contributed by atoms with van der Waals surface area (Å²) in [6.07, 6.45) is 2.48. The molecule has 1 rings (SSSR count). The Morgan fingerprint density at radius 1 is 1.33 bits per heavy atom. The lowest BCUT2D eigenvalue weighted by molar-refractivity contribution is 0.379. The van der Waals surface area contributed by atoms with Crippen LogP contribution in [-0.2, 0) is 10.8 Å². The minimum atomic E-state index is -0.786. The Kier molecular flexibility index (Phi) is 5.76. The predicted octanol–water partition coefficient (Wildman–Crippen LogP) is 0.491. The molecule has 7 nitrogen and oxygen atoms in total. The minimum absolute atomic E-state index is 0.130. The lowest BCUT2D eigenvalue weighted by Crippen LogP contribution is -2.20. The van der Waals surface area contributed by atoms with Crippen LogP contribution in [0, 0.1) is 0 Å². The molecule has 0 spiro atoms. The highest BCUT2D eigenvalue weighted by Crippen LogP contribution is 2.11. The van der Waals surface area contributed by atoms with Crippen molar-refractivity contribution in [2.24, 2.45) is 0 Å². The molecule has 0 aliphatic rings. The molecule has 0 saturated carbocycles. The SMILES string of the molecule is CNc1nc(NC(C)CCS(C)=O)nc(OC)n1. The zero-order valence-electron chi connectivity index (χ0n) is 11.1. The van der Waals surface area contributed by atoms with Crippen molar-refractivity contribution in [1.29, 1.82) is 0 Å². The molecule has 2 atom stereocenters. The molecule has 1 aromatic rings. The first kappa shape index (κ1) is 14.6. The van der Waals surface area contributed by atoms with Gasteiger partial charge in [0.25, 0.3) is 0 Å². The molecule has 102 valence electrons. The van der Waals surface area contributed by atoms with Crippen LogP contribution in [0.1, 0.15) is 13.3 Å². The lowest BCUT2D eigenvalue weighted by Gasteiger charge is -2.13. The molecular weight excluding hydrogens is 254 g/mol. The predicted molar refractivity (Wildman–Crippen MR) is 72.6 cm³/mol. The van der Waals surface area contributed by atoms with Crippen LogP contribution in [0.3, 0.4) is 0 Å². The van der Waals surface area contributed by atoms with Crippen LogP contribution in [0.2, 0.25) is 0 Å². The third-order valence-electron chi connectivity index (χ3n) is 2.23. The molecule has 0 aromatic carbocycles. The normalized spacial score (nSPS) is 13.8. The van der Waals surface area contributed by atoms with Crippen LogP contribution < -0.4 is 15.4 Å². The van der Waals surface area contributed by atoms with Gasteiger partial charge in [-0.3, -0.25) is 4.21 Å². The maximum absolute atomic E-state index is 11.0. The van der Waals surface area contributed by atoms with E-state index in [1.165, 1.54) is 7.11 Å². The van der Waals surface area contributed by atoms with Crippen molar-refractivity contribution < 1.29 is 8.95 Å². The van der Waals surface area contributed by atoms with Gasteiger partial charge in [-0.25, -0.2) is 0 Å². The summed E-state index contributed by atoms with van der Waals surface area (Å²) >= 11 is 0. The average molecular weight is 273 g/mol. The van der Waals surface area contributed by atoms with Crippen LogP contribution in [0.4, 0.5) is 11.9 Å². The van der Waals surface area contributed by atoms with Crippen LogP contribution in [0.25, 0.3) is 0 Å². The van der Waals surface area contributed by atoms with Crippen molar-refractivity contribution in [1.82, 2.24) is 15.0 Å². The van der Waals surface area contributed by atoms with Gasteiger partial charge in [0, 0.05) is 35.9 Å². The fourth-order valence-electron chi connectivity index (χ4n) is 1.26. The Morgan fingerprint density at radius 2 is 2.00 bits per heavy atom. The maximum Gasteiger partial charge on any atom is 0.322 e. The van der Waals surface area contributed by atoms with E-state index >= 15 is 0 Å². The topological polar surface area (TPSA) is 89.0 Å². The summed E-state index contributed by atoms with van der Waals surface area (Å²) < 4.78 is 16.0. The molecule has 0 saturated heterocycles. The van der Waals surface area contributed by atoms with Crippen molar-refractivity contribution in [3.05, 3.63) is 0 Å². The second-order valence-electron chi connectivity index (χ2n) is 3.83. The Labute approximate surface area is 109 Å². The van der Waals surface area contributed by atoms with Crippen molar-refractivity contribution in [3.8, 4) is 6.01 Å². The number of hydrogen-bond acceptors (Lipinski definition) is 7. The van der Waals surface area contributed by atoms with E-state index in [-0.39, 0.29) is 12.1 Å². The molecule has 2 unspecified atom stereocenters. The van der Waals surface area contributed by atoms with Gasteiger partial charge >= 0.3 is 6.01 Å². The zero-order valence-corrected chi connectivity index (χ0v) is 11.9. The van der Waals surface area contributed by atoms with Crippen LogP contribution in [0.5, 0.6) is 6.01 Å². The average Bonchev–Trinajstić information content (AvgIpc) is 2.35. The highest BCUT2D eigenvalue weighted by Gasteiger charge is 2.09. The fourth-order valence-corrected chi connectivity index (χ4v) is 1.94. The monoisotopic (exact) mass is 273 g/mol. The van der Waals surface area contributed by atoms with Gasteiger partial charge in [-0.15, -0.1) is 0 Å². The number of nitrogens with zero attached hydrogens (tertiary/aromatic N) is 3. The molecule has 0 aliphatic heterocycles. The number of anilines is 2. The Balaban J connectivity index is 2.67. The third kappa shape index (κ3) is 4.82. The Morgan fingerprint density at radius 3 is 2.56 bits per heavy atom. The lowest BCUT2D eigenvalue weighted by atomic mass is 10.3. The zero-order chi connectivity index (χ0) is 13.5. The molecule has 0 radical (unpaired) electrons. The van der Waals surface area contributed by atoms with Gasteiger partial charge in [0.15, 0.2) is 0 Å². The highest BCUT2D eigenvalue weighted by molar-refractivity contribution is 7.84. The van der Waals surface area contributed by atoms with E-state index in [1.807, 2.05) is 6.92 Å². The molecule has 0 amide bonds. The number of rotatable bonds is 7. The first-order chi connectivity index (χ1) is 8.55. The summed E-state index contributed by atoms with van der Waals surface area (Å²) in [5.41, 5.74) is 0. The fraction of sp³-hybridized carbons (Fsp3) is 0.700. The molecule has 0 aliphatic carbocycles. The Hall–Kier alpha value is -1.44. The number of aromatic nitrogens is 3. The second-order valence-corrected chi connectivity index (χ2v) is 5.39. The van der Waals surface area contributed by atoms with E-state index in [4.69, 9.17) is 4.74 Å². The van der Waals surface area contributed by atoms with Gasteiger partial charge in [-0.1, -0.05) is 0 Å². The minimum Gasteiger partial charge on any atom is -0.467 e. The summed E-state index contributed by atoms with van der Waals surface area (Å²) in [6.45, 7) is 1.99. The van der Waals surface area contributed by atoms with Gasteiger partial charge in [0.05, 0.1) is 7.11 Å². The van der Waals surface area contributed by atoms with E-state index in [0.29, 0.717) is 17.6 Å². The van der Waals surface area contributed by atoms with E-state index < -0.39 is 10.8 Å². The van der Waals surface area contributed by atoms with Gasteiger partial charge in [0.2, 0.25) is 11.9 Å². The van der Waals surface area contributed by atoms with Crippen molar-refractivity contribution >= 4 is 22.7 Å². The number of hydrogen-bond donors (Lipinski definition) is 2. The molecule has 0 fully saturated rings. The molecule has 0 bridgehead atoms. The van der Waals surface area contributed by atoms with E-state index in [9.17, 15) is 4.21 Å². The van der Waals surface area contributed by atoms with Crippen LogP contribution in [-0.4, -0.2) is 51.4 Å².